The lowest BCUT2D eigenvalue weighted by atomic mass is 10.2. The number of likely N-dealkylation sites (N-methyl/N-ethyl adjacent to an activating group) is 2. The van der Waals surface area contributed by atoms with Gasteiger partial charge in [0.05, 0.1) is 16.2 Å². The van der Waals surface area contributed by atoms with Crippen molar-refractivity contribution in [1.29, 1.82) is 0 Å². The lowest BCUT2D eigenvalue weighted by Crippen LogP contribution is -2.33. The SMILES string of the molecule is CCS(=O)(=O)c1ccc(Sc2ccccc2C(=O)N(C)CCNC)cc1. The standard InChI is InChI=1S/C19H24N2O3S2/c1-4-26(23,24)16-11-9-15(10-12-16)25-18-8-6-5-7-17(18)19(22)21(3)14-13-20-2/h5-12,20H,4,13-14H2,1-3H3. The van der Waals surface area contributed by atoms with Gasteiger partial charge in [0.15, 0.2) is 9.84 Å². The normalized spacial score (nSPS) is 11.3. The minimum absolute atomic E-state index is 0.0338. The molecule has 1 amide bonds. The van der Waals surface area contributed by atoms with Crippen LogP contribution in [0.3, 0.4) is 0 Å². The van der Waals surface area contributed by atoms with Gasteiger partial charge < -0.3 is 10.2 Å². The zero-order chi connectivity index (χ0) is 19.2. The molecule has 26 heavy (non-hydrogen) atoms. The van der Waals surface area contributed by atoms with Gasteiger partial charge in [-0.15, -0.1) is 0 Å². The van der Waals surface area contributed by atoms with Gasteiger partial charge in [0.2, 0.25) is 0 Å². The second kappa shape index (κ2) is 9.21. The smallest absolute Gasteiger partial charge is 0.254 e. The first-order valence-electron chi connectivity index (χ1n) is 8.38. The molecule has 0 unspecified atom stereocenters. The van der Waals surface area contributed by atoms with Crippen LogP contribution in [-0.2, 0) is 9.84 Å². The highest BCUT2D eigenvalue weighted by Gasteiger charge is 2.16. The highest BCUT2D eigenvalue weighted by molar-refractivity contribution is 7.99. The van der Waals surface area contributed by atoms with Crippen LogP contribution in [0.5, 0.6) is 0 Å². The monoisotopic (exact) mass is 392 g/mol. The molecule has 0 saturated heterocycles. The first kappa shape index (κ1) is 20.5. The number of nitrogens with zero attached hydrogens (tertiary/aromatic N) is 1. The van der Waals surface area contributed by atoms with Crippen molar-refractivity contribution < 1.29 is 13.2 Å². The van der Waals surface area contributed by atoms with Crippen LogP contribution in [0, 0.1) is 0 Å². The summed E-state index contributed by atoms with van der Waals surface area (Å²) < 4.78 is 23.8. The van der Waals surface area contributed by atoms with Crippen LogP contribution < -0.4 is 5.32 Å². The number of hydrogen-bond donors (Lipinski definition) is 1. The van der Waals surface area contributed by atoms with E-state index in [1.807, 2.05) is 31.3 Å². The van der Waals surface area contributed by atoms with Crippen LogP contribution in [-0.4, -0.2) is 52.2 Å². The fourth-order valence-corrected chi connectivity index (χ4v) is 4.15. The molecule has 7 heteroatoms. The maximum Gasteiger partial charge on any atom is 0.254 e. The van der Waals surface area contributed by atoms with Crippen LogP contribution >= 0.6 is 11.8 Å². The molecule has 1 N–H and O–H groups in total. The molecular formula is C19H24N2O3S2. The first-order chi connectivity index (χ1) is 12.4. The molecule has 140 valence electrons. The Morgan fingerprint density at radius 1 is 1.12 bits per heavy atom. The van der Waals surface area contributed by atoms with Gasteiger partial charge >= 0.3 is 0 Å². The number of nitrogens with one attached hydrogen (secondary N) is 1. The Balaban J connectivity index is 2.21. The molecule has 0 aliphatic heterocycles. The fourth-order valence-electron chi connectivity index (χ4n) is 2.33. The fraction of sp³-hybridized carbons (Fsp3) is 0.316. The molecule has 0 atom stereocenters. The van der Waals surface area contributed by atoms with E-state index in [0.717, 1.165) is 16.3 Å². The Morgan fingerprint density at radius 3 is 2.38 bits per heavy atom. The molecule has 0 heterocycles. The van der Waals surface area contributed by atoms with Gasteiger partial charge in [-0.2, -0.15) is 0 Å². The zero-order valence-electron chi connectivity index (χ0n) is 15.2. The lowest BCUT2D eigenvalue weighted by Gasteiger charge is -2.18. The molecule has 0 radical (unpaired) electrons. The third-order valence-corrected chi connectivity index (χ3v) is 6.79. The van der Waals surface area contributed by atoms with Gasteiger partial charge in [0.25, 0.3) is 5.91 Å². The summed E-state index contributed by atoms with van der Waals surface area (Å²) in [6, 6.07) is 14.2. The van der Waals surface area contributed by atoms with E-state index >= 15 is 0 Å². The number of hydrogen-bond acceptors (Lipinski definition) is 5. The summed E-state index contributed by atoms with van der Waals surface area (Å²) in [7, 11) is 0.429. The van der Waals surface area contributed by atoms with Crippen LogP contribution in [0.2, 0.25) is 0 Å². The van der Waals surface area contributed by atoms with E-state index in [9.17, 15) is 13.2 Å². The van der Waals surface area contributed by atoms with Gasteiger partial charge in [-0.1, -0.05) is 30.8 Å². The average molecular weight is 393 g/mol. The van der Waals surface area contributed by atoms with Gasteiger partial charge in [0, 0.05) is 29.9 Å². The topological polar surface area (TPSA) is 66.5 Å². The van der Waals surface area contributed by atoms with Crippen molar-refractivity contribution in [2.45, 2.75) is 21.6 Å². The molecule has 0 aliphatic carbocycles. The number of amides is 1. The average Bonchev–Trinajstić information content (AvgIpc) is 2.66. The van der Waals surface area contributed by atoms with Crippen LogP contribution in [0.4, 0.5) is 0 Å². The van der Waals surface area contributed by atoms with Crippen LogP contribution in [0.25, 0.3) is 0 Å². The third kappa shape index (κ3) is 5.09. The number of carbonyl (C=O) groups is 1. The van der Waals surface area contributed by atoms with E-state index in [2.05, 4.69) is 5.32 Å². The van der Waals surface area contributed by atoms with Gasteiger partial charge in [-0.05, 0) is 43.4 Å². The van der Waals surface area contributed by atoms with E-state index in [1.165, 1.54) is 11.8 Å². The minimum atomic E-state index is -3.21. The first-order valence-corrected chi connectivity index (χ1v) is 10.9. The second-order valence-corrected chi connectivity index (χ2v) is 9.20. The molecule has 0 aromatic heterocycles. The van der Waals surface area contributed by atoms with Gasteiger partial charge in [0.1, 0.15) is 0 Å². The third-order valence-electron chi connectivity index (χ3n) is 3.95. The van der Waals surface area contributed by atoms with E-state index in [4.69, 9.17) is 0 Å². The van der Waals surface area contributed by atoms with Crippen molar-refractivity contribution in [2.75, 3.05) is 32.9 Å². The Kier molecular flexibility index (Phi) is 7.25. The predicted octanol–water partition coefficient (Wildman–Crippen LogP) is 2.92. The summed E-state index contributed by atoms with van der Waals surface area (Å²) >= 11 is 1.45. The number of carbonyl (C=O) groups excluding carboxylic acids is 1. The van der Waals surface area contributed by atoms with Crippen LogP contribution in [0.15, 0.2) is 63.2 Å². The quantitative estimate of drug-likeness (QED) is 0.748. The van der Waals surface area contributed by atoms with E-state index in [0.29, 0.717) is 17.0 Å². The van der Waals surface area contributed by atoms with Gasteiger partial charge in [-0.25, -0.2) is 8.42 Å². The minimum Gasteiger partial charge on any atom is -0.340 e. The Labute approximate surface area is 159 Å². The van der Waals surface area contributed by atoms with E-state index < -0.39 is 9.84 Å². The molecule has 2 aromatic rings. The Hall–Kier alpha value is -1.83. The molecule has 0 spiro atoms. The van der Waals surface area contributed by atoms with Gasteiger partial charge in [-0.3, -0.25) is 4.79 Å². The Bertz CT molecular complexity index is 849. The second-order valence-electron chi connectivity index (χ2n) is 5.80. The molecule has 2 aromatic carbocycles. The molecule has 5 nitrogen and oxygen atoms in total. The summed E-state index contributed by atoms with van der Waals surface area (Å²) in [5.74, 6) is 0.0454. The van der Waals surface area contributed by atoms with Crippen molar-refractivity contribution in [3.63, 3.8) is 0 Å². The van der Waals surface area contributed by atoms with Crippen molar-refractivity contribution in [1.82, 2.24) is 10.2 Å². The maximum atomic E-state index is 12.7. The number of benzene rings is 2. The zero-order valence-corrected chi connectivity index (χ0v) is 16.9. The predicted molar refractivity (Wildman–Crippen MR) is 106 cm³/mol. The maximum absolute atomic E-state index is 12.7. The summed E-state index contributed by atoms with van der Waals surface area (Å²) in [5, 5.41) is 3.03. The largest absolute Gasteiger partial charge is 0.340 e. The Morgan fingerprint density at radius 2 is 1.77 bits per heavy atom. The number of rotatable bonds is 8. The molecule has 0 bridgehead atoms. The summed E-state index contributed by atoms with van der Waals surface area (Å²) in [6.07, 6.45) is 0. The van der Waals surface area contributed by atoms with Crippen LogP contribution in [0.1, 0.15) is 17.3 Å². The van der Waals surface area contributed by atoms with E-state index in [-0.39, 0.29) is 11.7 Å². The molecule has 0 saturated carbocycles. The summed E-state index contributed by atoms with van der Waals surface area (Å²) in [5.41, 5.74) is 0.640. The summed E-state index contributed by atoms with van der Waals surface area (Å²) in [6.45, 7) is 2.98. The molecular weight excluding hydrogens is 368 g/mol. The van der Waals surface area contributed by atoms with E-state index in [1.54, 1.807) is 43.1 Å². The summed E-state index contributed by atoms with van der Waals surface area (Å²) in [4.78, 5) is 16.4. The molecule has 2 rings (SSSR count). The molecule has 0 fully saturated rings. The van der Waals surface area contributed by atoms with Crippen molar-refractivity contribution in [2.24, 2.45) is 0 Å². The highest BCUT2D eigenvalue weighted by atomic mass is 32.2. The van der Waals surface area contributed by atoms with Crippen molar-refractivity contribution in [3.05, 3.63) is 54.1 Å². The highest BCUT2D eigenvalue weighted by Crippen LogP contribution is 2.31. The van der Waals surface area contributed by atoms with Crippen molar-refractivity contribution in [3.8, 4) is 0 Å². The lowest BCUT2D eigenvalue weighted by molar-refractivity contribution is 0.0793. The van der Waals surface area contributed by atoms with Crippen molar-refractivity contribution >= 4 is 27.5 Å². The molecule has 0 aliphatic rings. The number of sulfone groups is 1.